The fourth-order valence-electron chi connectivity index (χ4n) is 2.81. The standard InChI is InChI=1S/C20H19ClN2O3S/c21-15-6-8-16(9-7-15)22-18(24)13-27-17-12-19(25)23(20(17)26)11-10-14-4-2-1-3-5-14/h1-9,17H,10-13H2,(H,22,24)/t17-/m1/s1. The Hall–Kier alpha value is -2.31. The SMILES string of the molecule is O=C(CS[C@@H]1CC(=O)N(CCc2ccccc2)C1=O)Nc1ccc(Cl)cc1. The third-order valence-corrected chi connectivity index (χ3v) is 5.66. The van der Waals surface area contributed by atoms with E-state index in [9.17, 15) is 14.4 Å². The summed E-state index contributed by atoms with van der Waals surface area (Å²) in [6.07, 6.45) is 0.777. The van der Waals surface area contributed by atoms with Gasteiger partial charge in [0.2, 0.25) is 17.7 Å². The maximum absolute atomic E-state index is 12.5. The number of nitrogens with one attached hydrogen (secondary N) is 1. The summed E-state index contributed by atoms with van der Waals surface area (Å²) in [5.74, 6) is -0.490. The van der Waals surface area contributed by atoms with E-state index in [1.807, 2.05) is 30.3 Å². The Bertz CT molecular complexity index is 827. The molecule has 2 aromatic carbocycles. The first-order chi connectivity index (χ1) is 13.0. The highest BCUT2D eigenvalue weighted by molar-refractivity contribution is 8.01. The molecule has 2 aromatic rings. The van der Waals surface area contributed by atoms with Crippen LogP contribution in [0.5, 0.6) is 0 Å². The second-order valence-electron chi connectivity index (χ2n) is 6.18. The molecular formula is C20H19ClN2O3S. The van der Waals surface area contributed by atoms with Gasteiger partial charge in [-0.15, -0.1) is 11.8 Å². The number of hydrogen-bond acceptors (Lipinski definition) is 4. The number of benzene rings is 2. The minimum absolute atomic E-state index is 0.110. The number of anilines is 1. The summed E-state index contributed by atoms with van der Waals surface area (Å²) in [5, 5.41) is 2.84. The van der Waals surface area contributed by atoms with E-state index in [2.05, 4.69) is 5.32 Å². The van der Waals surface area contributed by atoms with Crippen molar-refractivity contribution < 1.29 is 14.4 Å². The summed E-state index contributed by atoms with van der Waals surface area (Å²) < 4.78 is 0. The van der Waals surface area contributed by atoms with E-state index in [0.29, 0.717) is 23.7 Å². The Balaban J connectivity index is 1.48. The van der Waals surface area contributed by atoms with E-state index >= 15 is 0 Å². The van der Waals surface area contributed by atoms with Crippen molar-refractivity contribution in [2.45, 2.75) is 18.1 Å². The molecule has 27 heavy (non-hydrogen) atoms. The quantitative estimate of drug-likeness (QED) is 0.721. The fraction of sp³-hybridized carbons (Fsp3) is 0.250. The number of rotatable bonds is 7. The van der Waals surface area contributed by atoms with Crippen LogP contribution in [0.1, 0.15) is 12.0 Å². The second kappa shape index (κ2) is 9.06. The van der Waals surface area contributed by atoms with Crippen LogP contribution in [0.3, 0.4) is 0 Å². The highest BCUT2D eigenvalue weighted by atomic mass is 35.5. The van der Waals surface area contributed by atoms with E-state index in [4.69, 9.17) is 11.6 Å². The summed E-state index contributed by atoms with van der Waals surface area (Å²) in [6, 6.07) is 16.5. The van der Waals surface area contributed by atoms with E-state index < -0.39 is 5.25 Å². The smallest absolute Gasteiger partial charge is 0.242 e. The van der Waals surface area contributed by atoms with Crippen molar-refractivity contribution in [3.05, 3.63) is 65.2 Å². The lowest BCUT2D eigenvalue weighted by atomic mass is 10.1. The maximum Gasteiger partial charge on any atom is 0.242 e. The molecule has 0 aromatic heterocycles. The van der Waals surface area contributed by atoms with E-state index in [1.54, 1.807) is 24.3 Å². The third kappa shape index (κ3) is 5.34. The van der Waals surface area contributed by atoms with Crippen LogP contribution in [-0.4, -0.2) is 40.2 Å². The van der Waals surface area contributed by atoms with Crippen LogP contribution < -0.4 is 5.32 Å². The molecule has 1 saturated heterocycles. The van der Waals surface area contributed by atoms with Crippen molar-refractivity contribution >= 4 is 46.8 Å². The zero-order chi connectivity index (χ0) is 19.2. The molecule has 5 nitrogen and oxygen atoms in total. The molecule has 1 aliphatic heterocycles. The average Bonchev–Trinajstić information content (AvgIpc) is 2.94. The zero-order valence-electron chi connectivity index (χ0n) is 14.6. The first kappa shape index (κ1) is 19.5. The Labute approximate surface area is 167 Å². The topological polar surface area (TPSA) is 66.5 Å². The minimum atomic E-state index is -0.496. The maximum atomic E-state index is 12.5. The van der Waals surface area contributed by atoms with Gasteiger partial charge in [-0.1, -0.05) is 41.9 Å². The van der Waals surface area contributed by atoms with Crippen molar-refractivity contribution in [1.29, 1.82) is 0 Å². The molecule has 0 aliphatic carbocycles. The van der Waals surface area contributed by atoms with Gasteiger partial charge in [0, 0.05) is 23.7 Å². The Morgan fingerprint density at radius 2 is 1.81 bits per heavy atom. The van der Waals surface area contributed by atoms with Gasteiger partial charge < -0.3 is 5.32 Å². The van der Waals surface area contributed by atoms with Gasteiger partial charge in [0.05, 0.1) is 11.0 Å². The Morgan fingerprint density at radius 1 is 1.11 bits per heavy atom. The number of hydrogen-bond donors (Lipinski definition) is 1. The number of thioether (sulfide) groups is 1. The van der Waals surface area contributed by atoms with Crippen molar-refractivity contribution in [2.75, 3.05) is 17.6 Å². The predicted octanol–water partition coefficient (Wildman–Crippen LogP) is 3.38. The molecular weight excluding hydrogens is 384 g/mol. The van der Waals surface area contributed by atoms with E-state index in [1.165, 1.54) is 16.7 Å². The molecule has 3 amide bonds. The summed E-state index contributed by atoms with van der Waals surface area (Å²) in [4.78, 5) is 38.0. The molecule has 0 saturated carbocycles. The Morgan fingerprint density at radius 3 is 2.52 bits per heavy atom. The molecule has 1 fully saturated rings. The van der Waals surface area contributed by atoms with Crippen molar-refractivity contribution in [1.82, 2.24) is 4.90 Å². The van der Waals surface area contributed by atoms with Gasteiger partial charge >= 0.3 is 0 Å². The molecule has 1 N–H and O–H groups in total. The van der Waals surface area contributed by atoms with Gasteiger partial charge in [0.1, 0.15) is 0 Å². The third-order valence-electron chi connectivity index (χ3n) is 4.21. The van der Waals surface area contributed by atoms with Crippen LogP contribution >= 0.6 is 23.4 Å². The lowest BCUT2D eigenvalue weighted by Crippen LogP contribution is -2.33. The molecule has 3 rings (SSSR count). The highest BCUT2D eigenvalue weighted by Crippen LogP contribution is 2.25. The molecule has 0 spiro atoms. The van der Waals surface area contributed by atoms with Crippen LogP contribution in [-0.2, 0) is 20.8 Å². The first-order valence-electron chi connectivity index (χ1n) is 8.58. The first-order valence-corrected chi connectivity index (χ1v) is 10.0. The lowest BCUT2D eigenvalue weighted by Gasteiger charge is -2.14. The summed E-state index contributed by atoms with van der Waals surface area (Å²) in [6.45, 7) is 0.371. The number of nitrogens with zero attached hydrogens (tertiary/aromatic N) is 1. The number of halogens is 1. The van der Waals surface area contributed by atoms with Crippen molar-refractivity contribution in [3.8, 4) is 0 Å². The molecule has 140 valence electrons. The monoisotopic (exact) mass is 402 g/mol. The number of amides is 3. The number of carbonyl (C=O) groups excluding carboxylic acids is 3. The zero-order valence-corrected chi connectivity index (χ0v) is 16.1. The normalized spacial score (nSPS) is 16.6. The molecule has 1 aliphatic rings. The van der Waals surface area contributed by atoms with Gasteiger partial charge in [-0.2, -0.15) is 0 Å². The summed E-state index contributed by atoms with van der Waals surface area (Å²) in [5.41, 5.74) is 1.72. The van der Waals surface area contributed by atoms with Crippen molar-refractivity contribution in [2.24, 2.45) is 0 Å². The molecule has 0 radical (unpaired) electrons. The number of likely N-dealkylation sites (tertiary alicyclic amines) is 1. The summed E-state index contributed by atoms with van der Waals surface area (Å²) in [7, 11) is 0. The van der Waals surface area contributed by atoms with Gasteiger partial charge in [0.25, 0.3) is 0 Å². The van der Waals surface area contributed by atoms with Gasteiger partial charge in [0.15, 0.2) is 0 Å². The van der Waals surface area contributed by atoms with Gasteiger partial charge in [-0.25, -0.2) is 0 Å². The van der Waals surface area contributed by atoms with E-state index in [0.717, 1.165) is 5.56 Å². The number of imide groups is 1. The lowest BCUT2D eigenvalue weighted by molar-refractivity contribution is -0.138. The molecule has 1 heterocycles. The largest absolute Gasteiger partial charge is 0.325 e. The molecule has 0 bridgehead atoms. The van der Waals surface area contributed by atoms with Crippen LogP contribution in [0.25, 0.3) is 0 Å². The van der Waals surface area contributed by atoms with Crippen LogP contribution in [0.4, 0.5) is 5.69 Å². The summed E-state index contributed by atoms with van der Waals surface area (Å²) >= 11 is 7.01. The second-order valence-corrected chi connectivity index (χ2v) is 7.81. The van der Waals surface area contributed by atoms with Crippen molar-refractivity contribution in [3.63, 3.8) is 0 Å². The van der Waals surface area contributed by atoms with Crippen LogP contribution in [0.15, 0.2) is 54.6 Å². The fourth-order valence-corrected chi connectivity index (χ4v) is 3.89. The molecule has 0 unspecified atom stereocenters. The highest BCUT2D eigenvalue weighted by Gasteiger charge is 2.38. The minimum Gasteiger partial charge on any atom is -0.325 e. The van der Waals surface area contributed by atoms with Crippen LogP contribution in [0.2, 0.25) is 5.02 Å². The van der Waals surface area contributed by atoms with Gasteiger partial charge in [-0.05, 0) is 36.2 Å². The van der Waals surface area contributed by atoms with Crippen LogP contribution in [0, 0.1) is 0 Å². The number of carbonyl (C=O) groups is 3. The Kier molecular flexibility index (Phi) is 6.53. The molecule has 7 heteroatoms. The van der Waals surface area contributed by atoms with Gasteiger partial charge in [-0.3, -0.25) is 19.3 Å². The predicted molar refractivity (Wildman–Crippen MR) is 108 cm³/mol. The molecule has 1 atom stereocenters. The van der Waals surface area contributed by atoms with E-state index in [-0.39, 0.29) is 29.9 Å². The average molecular weight is 403 g/mol.